The van der Waals surface area contributed by atoms with Crippen LogP contribution in [0.5, 0.6) is 0 Å². The first-order chi connectivity index (χ1) is 19.2. The number of anilines is 2. The Morgan fingerprint density at radius 3 is 1.48 bits per heavy atom. The molecule has 4 amide bonds. The minimum Gasteiger partial charge on any atom is -0.365 e. The molecule has 0 fully saturated rings. The smallest absolute Gasteiger partial charge is 0.251 e. The van der Waals surface area contributed by atoms with E-state index in [1.807, 2.05) is 0 Å². The maximum Gasteiger partial charge on any atom is 0.251 e. The molecule has 0 radical (unpaired) electrons. The summed E-state index contributed by atoms with van der Waals surface area (Å²) < 4.78 is 0. The van der Waals surface area contributed by atoms with Crippen molar-refractivity contribution < 1.29 is 19.2 Å². The van der Waals surface area contributed by atoms with E-state index in [2.05, 4.69) is 24.5 Å². The van der Waals surface area contributed by atoms with Gasteiger partial charge in [-0.2, -0.15) is 0 Å². The molecular formula is C30H42N4O4S2. The molecule has 40 heavy (non-hydrogen) atoms. The number of carbonyl (C=O) groups is 4. The van der Waals surface area contributed by atoms with Crippen LogP contribution in [0.25, 0.3) is 0 Å². The first kappa shape index (κ1) is 30.2. The van der Waals surface area contributed by atoms with Crippen LogP contribution in [0.2, 0.25) is 0 Å². The lowest BCUT2D eigenvalue weighted by atomic mass is 9.84. The number of amides is 4. The highest BCUT2D eigenvalue weighted by Gasteiger charge is 2.29. The molecule has 2 aliphatic carbocycles. The second-order valence-electron chi connectivity index (χ2n) is 11.2. The van der Waals surface area contributed by atoms with E-state index in [0.717, 1.165) is 85.1 Å². The molecule has 0 saturated carbocycles. The number of hydrogen-bond acceptors (Lipinski definition) is 6. The molecule has 0 spiro atoms. The summed E-state index contributed by atoms with van der Waals surface area (Å²) in [6, 6.07) is 0. The molecule has 2 unspecified atom stereocenters. The Bertz CT molecular complexity index is 1170. The first-order valence-corrected chi connectivity index (χ1v) is 16.3. The van der Waals surface area contributed by atoms with Gasteiger partial charge in [-0.1, -0.05) is 39.5 Å². The van der Waals surface area contributed by atoms with Crippen molar-refractivity contribution >= 4 is 56.3 Å². The van der Waals surface area contributed by atoms with E-state index in [9.17, 15) is 19.2 Å². The fourth-order valence-electron chi connectivity index (χ4n) is 6.26. The fourth-order valence-corrected chi connectivity index (χ4v) is 9.03. The van der Waals surface area contributed by atoms with Crippen molar-refractivity contribution in [2.75, 3.05) is 10.6 Å². The third-order valence-corrected chi connectivity index (χ3v) is 10.5. The van der Waals surface area contributed by atoms with Crippen molar-refractivity contribution in [3.8, 4) is 0 Å². The van der Waals surface area contributed by atoms with Crippen LogP contribution in [0.4, 0.5) is 10.0 Å². The maximum atomic E-state index is 12.7. The average Bonchev–Trinajstić information content (AvgIpc) is 3.43. The Morgan fingerprint density at radius 2 is 1.12 bits per heavy atom. The number of nitrogens with two attached hydrogens (primary N) is 2. The van der Waals surface area contributed by atoms with E-state index >= 15 is 0 Å². The highest BCUT2D eigenvalue weighted by Crippen LogP contribution is 2.42. The monoisotopic (exact) mass is 586 g/mol. The van der Waals surface area contributed by atoms with Crippen molar-refractivity contribution in [2.24, 2.45) is 23.3 Å². The number of nitrogens with one attached hydrogen (secondary N) is 2. The average molecular weight is 587 g/mol. The minimum atomic E-state index is -0.495. The number of rotatable bonds is 13. The van der Waals surface area contributed by atoms with Crippen LogP contribution < -0.4 is 22.1 Å². The third kappa shape index (κ3) is 7.13. The Kier molecular flexibility index (Phi) is 10.4. The molecule has 6 N–H and O–H groups in total. The van der Waals surface area contributed by atoms with Crippen molar-refractivity contribution in [3.63, 3.8) is 0 Å². The largest absolute Gasteiger partial charge is 0.365 e. The van der Waals surface area contributed by atoms with E-state index < -0.39 is 11.8 Å². The molecule has 4 rings (SSSR count). The van der Waals surface area contributed by atoms with Crippen molar-refractivity contribution in [1.82, 2.24) is 0 Å². The van der Waals surface area contributed by atoms with Crippen LogP contribution in [-0.4, -0.2) is 23.6 Å². The molecule has 2 atom stereocenters. The van der Waals surface area contributed by atoms with Crippen LogP contribution in [0.3, 0.4) is 0 Å². The second-order valence-corrected chi connectivity index (χ2v) is 13.5. The van der Waals surface area contributed by atoms with E-state index in [1.165, 1.54) is 22.7 Å². The molecule has 0 aromatic carbocycles. The predicted octanol–water partition coefficient (Wildman–Crippen LogP) is 5.96. The summed E-state index contributed by atoms with van der Waals surface area (Å²) in [5, 5.41) is 6.93. The van der Waals surface area contributed by atoms with E-state index in [-0.39, 0.29) is 24.7 Å². The molecule has 8 nitrogen and oxygen atoms in total. The normalized spacial score (nSPS) is 18.1. The molecule has 0 saturated heterocycles. The number of primary amides is 2. The minimum absolute atomic E-state index is 0.185. The molecular weight excluding hydrogens is 544 g/mol. The highest BCUT2D eigenvalue weighted by molar-refractivity contribution is 7.17. The SMILES string of the molecule is CCCC1CCc2c(sc(NC(=O)CCCCC(=O)Nc3sc4c(c3C(N)=O)CCC(CCC)C4)c2C(N)=O)C1. The number of thiophene rings is 2. The van der Waals surface area contributed by atoms with Gasteiger partial charge in [-0.25, -0.2) is 0 Å². The van der Waals surface area contributed by atoms with Crippen LogP contribution >= 0.6 is 22.7 Å². The lowest BCUT2D eigenvalue weighted by molar-refractivity contribution is -0.118. The van der Waals surface area contributed by atoms with Gasteiger partial charge in [-0.15, -0.1) is 22.7 Å². The second kappa shape index (κ2) is 13.8. The Labute approximate surface area is 244 Å². The quantitative estimate of drug-likeness (QED) is 0.215. The number of unbranched alkanes of at least 4 members (excludes halogenated alkanes) is 1. The van der Waals surface area contributed by atoms with Gasteiger partial charge < -0.3 is 22.1 Å². The summed E-state index contributed by atoms with van der Waals surface area (Å²) in [4.78, 5) is 52.1. The van der Waals surface area contributed by atoms with Gasteiger partial charge in [0.15, 0.2) is 0 Å². The lowest BCUT2D eigenvalue weighted by Crippen LogP contribution is -2.20. The van der Waals surface area contributed by atoms with E-state index in [4.69, 9.17) is 11.5 Å². The Hall–Kier alpha value is -2.72. The summed E-state index contributed by atoms with van der Waals surface area (Å²) in [7, 11) is 0. The van der Waals surface area contributed by atoms with Gasteiger partial charge in [-0.3, -0.25) is 19.2 Å². The van der Waals surface area contributed by atoms with Crippen LogP contribution in [-0.2, 0) is 35.3 Å². The van der Waals surface area contributed by atoms with Gasteiger partial charge in [0.2, 0.25) is 11.8 Å². The zero-order valence-corrected chi connectivity index (χ0v) is 25.3. The zero-order valence-electron chi connectivity index (χ0n) is 23.7. The summed E-state index contributed by atoms with van der Waals surface area (Å²) in [6.45, 7) is 4.37. The highest BCUT2D eigenvalue weighted by atomic mass is 32.1. The number of carbonyl (C=O) groups excluding carboxylic acids is 4. The third-order valence-electron chi connectivity index (χ3n) is 8.18. The zero-order chi connectivity index (χ0) is 28.8. The summed E-state index contributed by atoms with van der Waals surface area (Å²) in [5.74, 6) is -0.133. The molecule has 2 aromatic rings. The molecule has 2 heterocycles. The van der Waals surface area contributed by atoms with Crippen LogP contribution in [0, 0.1) is 11.8 Å². The van der Waals surface area contributed by atoms with Gasteiger partial charge in [-0.05, 0) is 74.3 Å². The van der Waals surface area contributed by atoms with Crippen molar-refractivity contribution in [1.29, 1.82) is 0 Å². The topological polar surface area (TPSA) is 144 Å². The Balaban J connectivity index is 1.28. The van der Waals surface area contributed by atoms with Gasteiger partial charge >= 0.3 is 0 Å². The summed E-state index contributed by atoms with van der Waals surface area (Å²) in [6.07, 6.45) is 11.7. The van der Waals surface area contributed by atoms with Gasteiger partial charge in [0.05, 0.1) is 11.1 Å². The van der Waals surface area contributed by atoms with Gasteiger partial charge in [0.25, 0.3) is 11.8 Å². The van der Waals surface area contributed by atoms with E-state index in [1.54, 1.807) is 0 Å². The van der Waals surface area contributed by atoms with Gasteiger partial charge in [0.1, 0.15) is 10.0 Å². The van der Waals surface area contributed by atoms with Gasteiger partial charge in [0, 0.05) is 22.6 Å². The summed E-state index contributed by atoms with van der Waals surface area (Å²) in [5.41, 5.74) is 14.3. The van der Waals surface area contributed by atoms with E-state index in [0.29, 0.717) is 45.8 Å². The fraction of sp³-hybridized carbons (Fsp3) is 0.600. The Morgan fingerprint density at radius 1 is 0.725 bits per heavy atom. The molecule has 10 heteroatoms. The molecule has 0 bridgehead atoms. The number of fused-ring (bicyclic) bond motifs is 2. The number of hydrogen-bond donors (Lipinski definition) is 4. The summed E-state index contributed by atoms with van der Waals surface area (Å²) >= 11 is 2.96. The van der Waals surface area contributed by atoms with Crippen molar-refractivity contribution in [3.05, 3.63) is 32.0 Å². The predicted molar refractivity (Wildman–Crippen MR) is 162 cm³/mol. The standard InChI is InChI=1S/C30H42N4O4S2/c1-3-7-17-11-13-19-21(15-17)39-29(25(19)27(31)37)33-23(35)9-5-6-10-24(36)34-30-26(28(32)38)20-14-12-18(8-4-2)16-22(20)40-30/h17-18H,3-16H2,1-2H3,(H2,31,37)(H2,32,38)(H,33,35)(H,34,36). The molecule has 218 valence electrons. The van der Waals surface area contributed by atoms with Crippen LogP contribution in [0.1, 0.15) is 120 Å². The lowest BCUT2D eigenvalue weighted by Gasteiger charge is -2.21. The first-order valence-electron chi connectivity index (χ1n) is 14.7. The molecule has 2 aromatic heterocycles. The maximum absolute atomic E-state index is 12.7. The molecule has 2 aliphatic rings. The van der Waals surface area contributed by atoms with Crippen molar-refractivity contribution in [2.45, 2.75) is 104 Å². The van der Waals surface area contributed by atoms with Crippen LogP contribution in [0.15, 0.2) is 0 Å². The molecule has 0 aliphatic heterocycles.